The molecule has 0 radical (unpaired) electrons. The van der Waals surface area contributed by atoms with E-state index in [1.54, 1.807) is 5.56 Å². The molecule has 0 amide bonds. The molecule has 1 saturated carbocycles. The van der Waals surface area contributed by atoms with Gasteiger partial charge in [0.15, 0.2) is 0 Å². The maximum absolute atomic E-state index is 11.2. The summed E-state index contributed by atoms with van der Waals surface area (Å²) in [5.74, 6) is -0.575. The fraction of sp³-hybridized carbons (Fsp3) is 0.708. The number of carbonyl (C=O) groups is 1. The molecule has 1 N–H and O–H groups in total. The van der Waals surface area contributed by atoms with Crippen molar-refractivity contribution in [3.05, 3.63) is 34.9 Å². The first-order chi connectivity index (χ1) is 12.2. The van der Waals surface area contributed by atoms with Gasteiger partial charge in [0.05, 0.1) is 5.41 Å². The summed E-state index contributed by atoms with van der Waals surface area (Å²) in [5, 5.41) is 9.26. The molecule has 0 unspecified atom stereocenters. The Balaban J connectivity index is 1.76. The van der Waals surface area contributed by atoms with Gasteiger partial charge in [-0.3, -0.25) is 4.79 Å². The molecule has 0 spiro atoms. The van der Waals surface area contributed by atoms with E-state index in [0.717, 1.165) is 38.5 Å². The van der Waals surface area contributed by atoms with Crippen LogP contribution in [0.15, 0.2) is 18.2 Å². The second kappa shape index (κ2) is 9.06. The van der Waals surface area contributed by atoms with Crippen molar-refractivity contribution in [3.8, 4) is 0 Å². The van der Waals surface area contributed by atoms with Crippen molar-refractivity contribution in [1.29, 1.82) is 0 Å². The predicted octanol–water partition coefficient (Wildman–Crippen LogP) is 6.72. The molecule has 146 valence electrons. The quantitative estimate of drug-likeness (QED) is 0.446. The Kier molecular flexibility index (Phi) is 7.32. The molecule has 0 heterocycles. The molecule has 26 heavy (non-hydrogen) atoms. The standard InChI is InChI=1S/C24H38O2/c1-19-11-10-13-20(12-7-9-15-23(2,3)4)21(19)14-6-5-8-16-24(17-18-24)22(25)26/h10-11,13H,5-9,12,14-18H2,1-4H3,(H,25,26). The van der Waals surface area contributed by atoms with Gasteiger partial charge in [-0.25, -0.2) is 0 Å². The third-order valence-electron chi connectivity index (χ3n) is 6.02. The van der Waals surface area contributed by atoms with Gasteiger partial charge in [0, 0.05) is 0 Å². The van der Waals surface area contributed by atoms with Gasteiger partial charge in [-0.15, -0.1) is 0 Å². The van der Waals surface area contributed by atoms with Gasteiger partial charge in [0.1, 0.15) is 0 Å². The zero-order valence-corrected chi connectivity index (χ0v) is 17.4. The molecule has 2 nitrogen and oxygen atoms in total. The summed E-state index contributed by atoms with van der Waals surface area (Å²) in [5.41, 5.74) is 4.58. The normalized spacial score (nSPS) is 15.8. The Hall–Kier alpha value is -1.31. The lowest BCUT2D eigenvalue weighted by molar-refractivity contribution is -0.143. The van der Waals surface area contributed by atoms with E-state index in [0.29, 0.717) is 5.41 Å². The fourth-order valence-electron chi connectivity index (χ4n) is 3.99. The molecule has 1 fully saturated rings. The first-order valence-corrected chi connectivity index (χ1v) is 10.5. The molecule has 0 atom stereocenters. The highest BCUT2D eigenvalue weighted by Gasteiger charge is 2.49. The van der Waals surface area contributed by atoms with E-state index in [1.165, 1.54) is 43.2 Å². The van der Waals surface area contributed by atoms with Crippen LogP contribution in [0.5, 0.6) is 0 Å². The minimum absolute atomic E-state index is 0.346. The van der Waals surface area contributed by atoms with Crippen molar-refractivity contribution >= 4 is 5.97 Å². The monoisotopic (exact) mass is 358 g/mol. The topological polar surface area (TPSA) is 37.3 Å². The van der Waals surface area contributed by atoms with Gasteiger partial charge in [0.2, 0.25) is 0 Å². The van der Waals surface area contributed by atoms with Crippen LogP contribution < -0.4 is 0 Å². The lowest BCUT2D eigenvalue weighted by Crippen LogP contribution is -2.14. The summed E-state index contributed by atoms with van der Waals surface area (Å²) in [7, 11) is 0. The smallest absolute Gasteiger partial charge is 0.309 e. The highest BCUT2D eigenvalue weighted by Crippen LogP contribution is 2.50. The largest absolute Gasteiger partial charge is 0.481 e. The van der Waals surface area contributed by atoms with Crippen molar-refractivity contribution in [1.82, 2.24) is 0 Å². The van der Waals surface area contributed by atoms with Crippen molar-refractivity contribution in [2.24, 2.45) is 10.8 Å². The molecule has 0 aromatic heterocycles. The van der Waals surface area contributed by atoms with Gasteiger partial charge in [0.25, 0.3) is 0 Å². The highest BCUT2D eigenvalue weighted by atomic mass is 16.4. The van der Waals surface area contributed by atoms with E-state index in [9.17, 15) is 9.90 Å². The summed E-state index contributed by atoms with van der Waals surface area (Å²) < 4.78 is 0. The van der Waals surface area contributed by atoms with Crippen molar-refractivity contribution in [2.45, 2.75) is 98.3 Å². The minimum atomic E-state index is -0.575. The summed E-state index contributed by atoms with van der Waals surface area (Å²) in [6, 6.07) is 6.74. The highest BCUT2D eigenvalue weighted by molar-refractivity contribution is 5.77. The first-order valence-electron chi connectivity index (χ1n) is 10.5. The van der Waals surface area contributed by atoms with Crippen LogP contribution in [-0.2, 0) is 17.6 Å². The summed E-state index contributed by atoms with van der Waals surface area (Å²) in [6.45, 7) is 9.20. The lowest BCUT2D eigenvalue weighted by atomic mass is 9.88. The maximum atomic E-state index is 11.2. The second-order valence-electron chi connectivity index (χ2n) is 9.63. The minimum Gasteiger partial charge on any atom is -0.481 e. The third-order valence-corrected chi connectivity index (χ3v) is 6.02. The Bertz CT molecular complexity index is 591. The van der Waals surface area contributed by atoms with E-state index in [1.807, 2.05) is 0 Å². The number of carboxylic acid groups (broad SMARTS) is 1. The molecular formula is C24H38O2. The molecule has 1 aromatic carbocycles. The summed E-state index contributed by atoms with van der Waals surface area (Å²) >= 11 is 0. The average Bonchev–Trinajstić information content (AvgIpc) is 3.33. The number of aryl methyl sites for hydroxylation is 2. The Labute approximate surface area is 160 Å². The van der Waals surface area contributed by atoms with Gasteiger partial charge in [-0.1, -0.05) is 58.2 Å². The molecule has 0 bridgehead atoms. The van der Waals surface area contributed by atoms with Gasteiger partial charge in [-0.2, -0.15) is 0 Å². The molecule has 2 heteroatoms. The van der Waals surface area contributed by atoms with Gasteiger partial charge in [-0.05, 0) is 80.4 Å². The van der Waals surface area contributed by atoms with Crippen LogP contribution >= 0.6 is 0 Å². The maximum Gasteiger partial charge on any atom is 0.309 e. The van der Waals surface area contributed by atoms with Crippen LogP contribution in [0.3, 0.4) is 0 Å². The van der Waals surface area contributed by atoms with Gasteiger partial charge >= 0.3 is 5.97 Å². The van der Waals surface area contributed by atoms with Crippen LogP contribution in [-0.4, -0.2) is 11.1 Å². The Morgan fingerprint density at radius 2 is 1.73 bits per heavy atom. The molecular weight excluding hydrogens is 320 g/mol. The number of carboxylic acids is 1. The molecule has 2 rings (SSSR count). The van der Waals surface area contributed by atoms with Crippen LogP contribution in [0.4, 0.5) is 0 Å². The van der Waals surface area contributed by atoms with E-state index < -0.39 is 5.97 Å². The first kappa shape index (κ1) is 21.0. The van der Waals surface area contributed by atoms with E-state index in [-0.39, 0.29) is 5.41 Å². The Morgan fingerprint density at radius 1 is 1.04 bits per heavy atom. The lowest BCUT2D eigenvalue weighted by Gasteiger charge is -2.18. The predicted molar refractivity (Wildman–Crippen MR) is 110 cm³/mol. The van der Waals surface area contributed by atoms with Crippen LogP contribution in [0.1, 0.15) is 95.2 Å². The van der Waals surface area contributed by atoms with Crippen molar-refractivity contribution in [3.63, 3.8) is 0 Å². The van der Waals surface area contributed by atoms with Crippen LogP contribution in [0.25, 0.3) is 0 Å². The average molecular weight is 359 g/mol. The summed E-state index contributed by atoms with van der Waals surface area (Å²) in [6.07, 6.45) is 12.2. The molecule has 1 aromatic rings. The fourth-order valence-corrected chi connectivity index (χ4v) is 3.99. The van der Waals surface area contributed by atoms with Crippen molar-refractivity contribution < 1.29 is 9.90 Å². The molecule has 1 aliphatic rings. The number of rotatable bonds is 11. The van der Waals surface area contributed by atoms with Crippen LogP contribution in [0, 0.1) is 17.8 Å². The number of aliphatic carboxylic acids is 1. The number of unbranched alkanes of at least 4 members (excludes halogenated alkanes) is 3. The third kappa shape index (κ3) is 6.45. The zero-order valence-electron chi connectivity index (χ0n) is 17.4. The van der Waals surface area contributed by atoms with Gasteiger partial charge < -0.3 is 5.11 Å². The van der Waals surface area contributed by atoms with E-state index in [2.05, 4.69) is 45.9 Å². The van der Waals surface area contributed by atoms with Crippen LogP contribution in [0.2, 0.25) is 0 Å². The second-order valence-corrected chi connectivity index (χ2v) is 9.63. The SMILES string of the molecule is Cc1cccc(CCCCC(C)(C)C)c1CCCCCC1(C(=O)O)CC1. The zero-order chi connectivity index (χ0) is 19.2. The molecule has 1 aliphatic carbocycles. The molecule has 0 saturated heterocycles. The summed E-state index contributed by atoms with van der Waals surface area (Å²) in [4.78, 5) is 11.2. The Morgan fingerprint density at radius 3 is 2.35 bits per heavy atom. The number of hydrogen-bond donors (Lipinski definition) is 1. The van der Waals surface area contributed by atoms with Crippen molar-refractivity contribution in [2.75, 3.05) is 0 Å². The number of hydrogen-bond acceptors (Lipinski definition) is 1. The number of benzene rings is 1. The van der Waals surface area contributed by atoms with E-state index >= 15 is 0 Å². The molecule has 0 aliphatic heterocycles. The van der Waals surface area contributed by atoms with E-state index in [4.69, 9.17) is 0 Å².